The zero-order valence-electron chi connectivity index (χ0n) is 10.8. The summed E-state index contributed by atoms with van der Waals surface area (Å²) in [5.41, 5.74) is 2.98. The first-order valence-corrected chi connectivity index (χ1v) is 7.10. The quantitative estimate of drug-likeness (QED) is 0.876. The van der Waals surface area contributed by atoms with Crippen LogP contribution < -0.4 is 0 Å². The van der Waals surface area contributed by atoms with Crippen LogP contribution in [0.2, 0.25) is 0 Å². The molecule has 2 aromatic rings. The minimum absolute atomic E-state index is 0.239. The Hall–Kier alpha value is -2.15. The number of amides is 1. The zero-order chi connectivity index (χ0) is 14.3. The van der Waals surface area contributed by atoms with Crippen LogP contribution >= 0.6 is 11.3 Å². The molecular formula is C13H13N3O3S. The number of aryl methyl sites for hydroxylation is 1. The molecule has 1 aliphatic heterocycles. The largest absolute Gasteiger partial charge is 0.480 e. The molecule has 104 valence electrons. The van der Waals surface area contributed by atoms with Gasteiger partial charge in [-0.1, -0.05) is 0 Å². The highest BCUT2D eigenvalue weighted by atomic mass is 32.1. The van der Waals surface area contributed by atoms with Crippen LogP contribution in [0.4, 0.5) is 0 Å². The summed E-state index contributed by atoms with van der Waals surface area (Å²) >= 11 is 1.44. The number of aliphatic carboxylic acids is 1. The molecular weight excluding hydrogens is 278 g/mol. The third-order valence-corrected chi connectivity index (χ3v) is 4.39. The van der Waals surface area contributed by atoms with E-state index in [-0.39, 0.29) is 18.9 Å². The molecule has 1 amide bonds. The molecule has 1 atom stereocenters. The van der Waals surface area contributed by atoms with Gasteiger partial charge in [0.15, 0.2) is 0 Å². The third kappa shape index (κ3) is 2.00. The van der Waals surface area contributed by atoms with Crippen molar-refractivity contribution in [3.8, 4) is 0 Å². The minimum atomic E-state index is -1.00. The van der Waals surface area contributed by atoms with Gasteiger partial charge in [-0.3, -0.25) is 4.79 Å². The number of imidazole rings is 1. The van der Waals surface area contributed by atoms with Gasteiger partial charge in [0.25, 0.3) is 5.91 Å². The Balaban J connectivity index is 1.96. The molecule has 0 spiro atoms. The summed E-state index contributed by atoms with van der Waals surface area (Å²) in [4.78, 5) is 32.5. The van der Waals surface area contributed by atoms with Crippen LogP contribution in [0.1, 0.15) is 27.3 Å². The van der Waals surface area contributed by atoms with Crippen LogP contribution in [0, 0.1) is 6.92 Å². The van der Waals surface area contributed by atoms with Crippen LogP contribution in [-0.2, 0) is 17.8 Å². The summed E-state index contributed by atoms with van der Waals surface area (Å²) in [6.45, 7) is 2.10. The Labute approximate surface area is 119 Å². The highest BCUT2D eigenvalue weighted by Crippen LogP contribution is 2.25. The van der Waals surface area contributed by atoms with E-state index >= 15 is 0 Å². The topological polar surface area (TPSA) is 86.3 Å². The normalized spacial score (nSPS) is 17.9. The van der Waals surface area contributed by atoms with Gasteiger partial charge in [0.05, 0.1) is 29.8 Å². The molecule has 3 rings (SSSR count). The minimum Gasteiger partial charge on any atom is -0.480 e. The first-order valence-electron chi connectivity index (χ1n) is 6.15. The van der Waals surface area contributed by atoms with Crippen LogP contribution in [0.25, 0.3) is 0 Å². The van der Waals surface area contributed by atoms with Gasteiger partial charge in [-0.05, 0) is 17.9 Å². The highest BCUT2D eigenvalue weighted by Gasteiger charge is 2.36. The Morgan fingerprint density at radius 1 is 1.50 bits per heavy atom. The number of rotatable bonds is 2. The molecule has 0 aromatic carbocycles. The monoisotopic (exact) mass is 291 g/mol. The van der Waals surface area contributed by atoms with E-state index in [0.29, 0.717) is 5.56 Å². The van der Waals surface area contributed by atoms with Gasteiger partial charge in [-0.25, -0.2) is 9.78 Å². The van der Waals surface area contributed by atoms with Crippen LogP contribution in [-0.4, -0.2) is 37.9 Å². The summed E-state index contributed by atoms with van der Waals surface area (Å²) in [5, 5.41) is 13.0. The van der Waals surface area contributed by atoms with Crippen molar-refractivity contribution in [1.29, 1.82) is 0 Å². The smallest absolute Gasteiger partial charge is 0.326 e. The second-order valence-corrected chi connectivity index (χ2v) is 5.53. The van der Waals surface area contributed by atoms with Crippen molar-refractivity contribution in [2.24, 2.45) is 0 Å². The molecule has 0 saturated heterocycles. The number of carboxylic acids is 1. The van der Waals surface area contributed by atoms with Crippen molar-refractivity contribution in [2.45, 2.75) is 25.9 Å². The Morgan fingerprint density at radius 2 is 2.30 bits per heavy atom. The standard InChI is InChI=1S/C13H13N3O3S/c1-7-4-20-5-8(7)12(17)16-3-10-9(14-6-15-10)2-11(16)13(18)19/h4-6,11H,2-3H2,1H3,(H,14,15)(H,18,19). The van der Waals surface area contributed by atoms with Gasteiger partial charge in [0.2, 0.25) is 0 Å². The van der Waals surface area contributed by atoms with Gasteiger partial charge >= 0.3 is 5.97 Å². The second kappa shape index (κ2) is 4.75. The van der Waals surface area contributed by atoms with Crippen molar-refractivity contribution in [2.75, 3.05) is 0 Å². The van der Waals surface area contributed by atoms with E-state index in [9.17, 15) is 14.7 Å². The Bertz CT molecular complexity index is 676. The fourth-order valence-corrected chi connectivity index (χ4v) is 3.23. The molecule has 3 heterocycles. The Morgan fingerprint density at radius 3 is 2.95 bits per heavy atom. The van der Waals surface area contributed by atoms with E-state index in [2.05, 4.69) is 9.97 Å². The molecule has 0 saturated carbocycles. The number of carbonyl (C=O) groups excluding carboxylic acids is 1. The molecule has 7 heteroatoms. The fraction of sp³-hybridized carbons (Fsp3) is 0.308. The van der Waals surface area contributed by atoms with Gasteiger partial charge in [0.1, 0.15) is 6.04 Å². The lowest BCUT2D eigenvalue weighted by molar-refractivity contribution is -0.142. The van der Waals surface area contributed by atoms with E-state index in [0.717, 1.165) is 17.0 Å². The predicted octanol–water partition coefficient (Wildman–Crippen LogP) is 1.43. The van der Waals surface area contributed by atoms with E-state index in [1.165, 1.54) is 22.6 Å². The third-order valence-electron chi connectivity index (χ3n) is 3.53. The molecule has 0 bridgehead atoms. The Kier molecular flexibility index (Phi) is 3.06. The van der Waals surface area contributed by atoms with E-state index in [1.54, 1.807) is 5.38 Å². The average molecular weight is 291 g/mol. The number of carboxylic acid groups (broad SMARTS) is 1. The average Bonchev–Trinajstić information content (AvgIpc) is 3.04. The van der Waals surface area contributed by atoms with Gasteiger partial charge < -0.3 is 15.0 Å². The number of nitrogens with zero attached hydrogens (tertiary/aromatic N) is 2. The molecule has 1 aliphatic rings. The van der Waals surface area contributed by atoms with Crippen LogP contribution in [0.15, 0.2) is 17.1 Å². The number of aromatic nitrogens is 2. The lowest BCUT2D eigenvalue weighted by atomic mass is 10.0. The van der Waals surface area contributed by atoms with Crippen molar-refractivity contribution < 1.29 is 14.7 Å². The van der Waals surface area contributed by atoms with Crippen molar-refractivity contribution in [3.63, 3.8) is 0 Å². The molecule has 2 N–H and O–H groups in total. The van der Waals surface area contributed by atoms with E-state index in [1.807, 2.05) is 12.3 Å². The SMILES string of the molecule is Cc1cscc1C(=O)N1Cc2[nH]cnc2CC1C(=O)O. The van der Waals surface area contributed by atoms with E-state index < -0.39 is 12.0 Å². The van der Waals surface area contributed by atoms with Crippen molar-refractivity contribution in [3.05, 3.63) is 39.6 Å². The lowest BCUT2D eigenvalue weighted by Crippen LogP contribution is -2.48. The molecule has 0 aliphatic carbocycles. The molecule has 2 aromatic heterocycles. The number of aromatic amines is 1. The first-order chi connectivity index (χ1) is 9.58. The lowest BCUT2D eigenvalue weighted by Gasteiger charge is -2.32. The molecule has 0 radical (unpaired) electrons. The van der Waals surface area contributed by atoms with Gasteiger partial charge in [-0.2, -0.15) is 11.3 Å². The summed E-state index contributed by atoms with van der Waals surface area (Å²) < 4.78 is 0. The van der Waals surface area contributed by atoms with E-state index in [4.69, 9.17) is 0 Å². The van der Waals surface area contributed by atoms with Crippen molar-refractivity contribution >= 4 is 23.2 Å². The molecule has 1 unspecified atom stereocenters. The predicted molar refractivity (Wildman–Crippen MR) is 72.6 cm³/mol. The number of hydrogen-bond acceptors (Lipinski definition) is 4. The molecule has 0 fully saturated rings. The van der Waals surface area contributed by atoms with Crippen LogP contribution in [0.3, 0.4) is 0 Å². The van der Waals surface area contributed by atoms with Crippen LogP contribution in [0.5, 0.6) is 0 Å². The maximum atomic E-state index is 12.6. The molecule has 20 heavy (non-hydrogen) atoms. The number of hydrogen-bond donors (Lipinski definition) is 2. The zero-order valence-corrected chi connectivity index (χ0v) is 11.6. The summed E-state index contributed by atoms with van der Waals surface area (Å²) in [7, 11) is 0. The summed E-state index contributed by atoms with van der Waals surface area (Å²) in [5.74, 6) is -1.24. The van der Waals surface area contributed by atoms with Crippen molar-refractivity contribution in [1.82, 2.24) is 14.9 Å². The second-order valence-electron chi connectivity index (χ2n) is 4.79. The number of carbonyl (C=O) groups is 2. The fourth-order valence-electron chi connectivity index (χ4n) is 2.40. The number of thiophene rings is 1. The summed E-state index contributed by atoms with van der Waals surface area (Å²) in [6, 6.07) is -0.863. The van der Waals surface area contributed by atoms with Gasteiger partial charge in [-0.15, -0.1) is 0 Å². The first kappa shape index (κ1) is 12.9. The van der Waals surface area contributed by atoms with Gasteiger partial charge in [0, 0.05) is 11.8 Å². The maximum absolute atomic E-state index is 12.6. The number of nitrogens with one attached hydrogen (secondary N) is 1. The number of H-pyrrole nitrogens is 1. The maximum Gasteiger partial charge on any atom is 0.326 e. The molecule has 6 nitrogen and oxygen atoms in total. The number of fused-ring (bicyclic) bond motifs is 1. The highest BCUT2D eigenvalue weighted by molar-refractivity contribution is 7.08. The summed E-state index contributed by atoms with van der Waals surface area (Å²) in [6.07, 6.45) is 1.77.